The Hall–Kier alpha value is -0.0800. The number of nitrogens with one attached hydrogen (secondary N) is 1. The van der Waals surface area contributed by atoms with Crippen molar-refractivity contribution in [2.45, 2.75) is 64.5 Å². The minimum absolute atomic E-state index is 0.798. The molecule has 1 N–H and O–H groups in total. The Bertz CT molecular complexity index is 205. The van der Waals surface area contributed by atoms with Gasteiger partial charge in [-0.2, -0.15) is 0 Å². The minimum Gasteiger partial charge on any atom is -0.314 e. The van der Waals surface area contributed by atoms with Gasteiger partial charge in [-0.1, -0.05) is 26.7 Å². The molecule has 0 aromatic rings. The van der Waals surface area contributed by atoms with Gasteiger partial charge in [0.15, 0.2) is 0 Å². The second-order valence-electron chi connectivity index (χ2n) is 5.77. The number of hydrogen-bond donors (Lipinski definition) is 1. The molecule has 1 saturated heterocycles. The molecule has 2 nitrogen and oxygen atoms in total. The molecular formula is C14H28N2. The predicted octanol–water partition coefficient (Wildman–Crippen LogP) is 2.64. The second kappa shape index (κ2) is 6.02. The first-order chi connectivity index (χ1) is 7.81. The minimum atomic E-state index is 0.798. The van der Waals surface area contributed by atoms with Crippen molar-refractivity contribution in [2.75, 3.05) is 19.6 Å². The standard InChI is InChI=1S/C14H28N2/c1-3-13-11-15-9-10-16(13)14-6-4-5-12(2)7-8-14/h12-15H,3-11H2,1-2H3. The molecule has 3 unspecified atom stereocenters. The molecule has 1 aliphatic carbocycles. The van der Waals surface area contributed by atoms with E-state index in [-0.39, 0.29) is 0 Å². The van der Waals surface area contributed by atoms with Crippen LogP contribution in [0.2, 0.25) is 0 Å². The van der Waals surface area contributed by atoms with Gasteiger partial charge in [0.25, 0.3) is 0 Å². The van der Waals surface area contributed by atoms with E-state index in [4.69, 9.17) is 0 Å². The van der Waals surface area contributed by atoms with Crippen LogP contribution < -0.4 is 5.32 Å². The normalized spacial score (nSPS) is 38.2. The van der Waals surface area contributed by atoms with Crippen molar-refractivity contribution < 1.29 is 0 Å². The molecule has 0 amide bonds. The van der Waals surface area contributed by atoms with Crippen LogP contribution in [0.1, 0.15) is 52.4 Å². The summed E-state index contributed by atoms with van der Waals surface area (Å²) in [7, 11) is 0. The van der Waals surface area contributed by atoms with Crippen LogP contribution in [0.15, 0.2) is 0 Å². The lowest BCUT2D eigenvalue weighted by atomic mass is 10.0. The summed E-state index contributed by atoms with van der Waals surface area (Å²) in [4.78, 5) is 2.81. The zero-order valence-corrected chi connectivity index (χ0v) is 11.0. The Morgan fingerprint density at radius 3 is 2.88 bits per heavy atom. The Labute approximate surface area is 101 Å². The summed E-state index contributed by atoms with van der Waals surface area (Å²) in [5, 5.41) is 3.54. The average Bonchev–Trinajstić information content (AvgIpc) is 2.54. The van der Waals surface area contributed by atoms with E-state index in [2.05, 4.69) is 24.1 Å². The van der Waals surface area contributed by atoms with Crippen molar-refractivity contribution in [1.82, 2.24) is 10.2 Å². The molecule has 1 heterocycles. The summed E-state index contributed by atoms with van der Waals surface area (Å²) in [6.45, 7) is 8.45. The van der Waals surface area contributed by atoms with Gasteiger partial charge in [-0.3, -0.25) is 4.90 Å². The zero-order valence-electron chi connectivity index (χ0n) is 11.0. The third kappa shape index (κ3) is 2.98. The SMILES string of the molecule is CCC1CNCCN1C1CCCC(C)CC1. The van der Waals surface area contributed by atoms with Gasteiger partial charge in [0.1, 0.15) is 0 Å². The van der Waals surface area contributed by atoms with Crippen LogP contribution in [0.5, 0.6) is 0 Å². The van der Waals surface area contributed by atoms with Crippen molar-refractivity contribution >= 4 is 0 Å². The van der Waals surface area contributed by atoms with Crippen molar-refractivity contribution in [3.8, 4) is 0 Å². The van der Waals surface area contributed by atoms with E-state index in [9.17, 15) is 0 Å². The largest absolute Gasteiger partial charge is 0.314 e. The predicted molar refractivity (Wildman–Crippen MR) is 69.7 cm³/mol. The lowest BCUT2D eigenvalue weighted by Crippen LogP contribution is -2.54. The van der Waals surface area contributed by atoms with Crippen molar-refractivity contribution in [3.63, 3.8) is 0 Å². The molecule has 2 aliphatic rings. The van der Waals surface area contributed by atoms with Gasteiger partial charge in [0.2, 0.25) is 0 Å². The van der Waals surface area contributed by atoms with Crippen LogP contribution in [0.4, 0.5) is 0 Å². The van der Waals surface area contributed by atoms with Crippen LogP contribution in [-0.4, -0.2) is 36.6 Å². The van der Waals surface area contributed by atoms with E-state index in [0.29, 0.717) is 0 Å². The molecule has 0 aromatic heterocycles. The van der Waals surface area contributed by atoms with Gasteiger partial charge in [-0.25, -0.2) is 0 Å². The zero-order chi connectivity index (χ0) is 11.4. The van der Waals surface area contributed by atoms with Gasteiger partial charge in [0, 0.05) is 31.7 Å². The Morgan fingerprint density at radius 2 is 2.06 bits per heavy atom. The maximum atomic E-state index is 3.54. The summed E-state index contributed by atoms with van der Waals surface area (Å²) in [5.74, 6) is 0.966. The van der Waals surface area contributed by atoms with E-state index in [0.717, 1.165) is 18.0 Å². The van der Waals surface area contributed by atoms with Gasteiger partial charge in [-0.05, 0) is 31.6 Å². The molecule has 0 spiro atoms. The summed E-state index contributed by atoms with van der Waals surface area (Å²) in [6, 6.07) is 1.68. The Kier molecular flexibility index (Phi) is 4.66. The van der Waals surface area contributed by atoms with E-state index in [1.165, 1.54) is 58.2 Å². The molecule has 94 valence electrons. The number of rotatable bonds is 2. The molecule has 3 atom stereocenters. The van der Waals surface area contributed by atoms with E-state index in [1.54, 1.807) is 0 Å². The van der Waals surface area contributed by atoms with Crippen LogP contribution in [0.25, 0.3) is 0 Å². The summed E-state index contributed by atoms with van der Waals surface area (Å²) in [6.07, 6.45) is 8.55. The fourth-order valence-corrected chi connectivity index (χ4v) is 3.44. The van der Waals surface area contributed by atoms with Crippen LogP contribution >= 0.6 is 0 Å². The maximum Gasteiger partial charge on any atom is 0.0221 e. The second-order valence-corrected chi connectivity index (χ2v) is 5.77. The van der Waals surface area contributed by atoms with Crippen molar-refractivity contribution in [1.29, 1.82) is 0 Å². The van der Waals surface area contributed by atoms with Crippen LogP contribution in [-0.2, 0) is 0 Å². The average molecular weight is 224 g/mol. The van der Waals surface area contributed by atoms with Gasteiger partial charge in [0.05, 0.1) is 0 Å². The fraction of sp³-hybridized carbons (Fsp3) is 1.00. The summed E-state index contributed by atoms with van der Waals surface area (Å²) in [5.41, 5.74) is 0. The van der Waals surface area contributed by atoms with Gasteiger partial charge < -0.3 is 5.32 Å². The van der Waals surface area contributed by atoms with Gasteiger partial charge >= 0.3 is 0 Å². The monoisotopic (exact) mass is 224 g/mol. The lowest BCUT2D eigenvalue weighted by Gasteiger charge is -2.41. The topological polar surface area (TPSA) is 15.3 Å². The molecule has 2 heteroatoms. The highest BCUT2D eigenvalue weighted by molar-refractivity contribution is 4.85. The first kappa shape index (κ1) is 12.4. The number of piperazine rings is 1. The molecule has 0 radical (unpaired) electrons. The van der Waals surface area contributed by atoms with Crippen LogP contribution in [0, 0.1) is 5.92 Å². The highest BCUT2D eigenvalue weighted by atomic mass is 15.2. The van der Waals surface area contributed by atoms with Crippen molar-refractivity contribution in [2.24, 2.45) is 5.92 Å². The van der Waals surface area contributed by atoms with E-state index < -0.39 is 0 Å². The first-order valence-corrected chi connectivity index (χ1v) is 7.27. The fourth-order valence-electron chi connectivity index (χ4n) is 3.44. The molecule has 1 aliphatic heterocycles. The summed E-state index contributed by atoms with van der Waals surface area (Å²) >= 11 is 0. The third-order valence-electron chi connectivity index (χ3n) is 4.56. The highest BCUT2D eigenvalue weighted by Gasteiger charge is 2.28. The molecule has 1 saturated carbocycles. The summed E-state index contributed by atoms with van der Waals surface area (Å²) < 4.78 is 0. The quantitative estimate of drug-likeness (QED) is 0.725. The van der Waals surface area contributed by atoms with E-state index in [1.807, 2.05) is 0 Å². The molecule has 16 heavy (non-hydrogen) atoms. The van der Waals surface area contributed by atoms with Gasteiger partial charge in [-0.15, -0.1) is 0 Å². The Morgan fingerprint density at radius 1 is 1.19 bits per heavy atom. The third-order valence-corrected chi connectivity index (χ3v) is 4.56. The maximum absolute atomic E-state index is 3.54. The first-order valence-electron chi connectivity index (χ1n) is 7.27. The molecule has 0 bridgehead atoms. The van der Waals surface area contributed by atoms with Crippen LogP contribution in [0.3, 0.4) is 0 Å². The lowest BCUT2D eigenvalue weighted by molar-refractivity contribution is 0.0926. The molecule has 2 rings (SSSR count). The van der Waals surface area contributed by atoms with E-state index >= 15 is 0 Å². The Balaban J connectivity index is 1.93. The smallest absolute Gasteiger partial charge is 0.0221 e. The number of hydrogen-bond acceptors (Lipinski definition) is 2. The molecular weight excluding hydrogens is 196 g/mol. The highest BCUT2D eigenvalue weighted by Crippen LogP contribution is 2.27. The van der Waals surface area contributed by atoms with Crippen molar-refractivity contribution in [3.05, 3.63) is 0 Å². The molecule has 2 fully saturated rings. The number of nitrogens with zero attached hydrogens (tertiary/aromatic N) is 1. The molecule has 0 aromatic carbocycles.